The van der Waals surface area contributed by atoms with Gasteiger partial charge in [-0.25, -0.2) is 4.39 Å². The number of carbonyl (C=O) groups is 2. The number of nitrogens with one attached hydrogen (secondary N) is 1. The topological polar surface area (TPSA) is 64.6 Å². The number of rotatable bonds is 6. The molecule has 2 aromatic carbocycles. The molecule has 2 rings (SSSR count). The van der Waals surface area contributed by atoms with E-state index in [4.69, 9.17) is 9.47 Å². The lowest BCUT2D eigenvalue weighted by molar-refractivity contribution is 0.0926. The fourth-order valence-corrected chi connectivity index (χ4v) is 2.54. The van der Waals surface area contributed by atoms with Gasteiger partial charge < -0.3 is 14.8 Å². The molecule has 0 saturated heterocycles. The van der Waals surface area contributed by atoms with E-state index in [-0.39, 0.29) is 22.7 Å². The van der Waals surface area contributed by atoms with E-state index < -0.39 is 17.8 Å². The fraction of sp³-hybridized carbons (Fsp3) is 0.263. The summed E-state index contributed by atoms with van der Waals surface area (Å²) in [5.41, 5.74) is 0.828. The van der Waals surface area contributed by atoms with Gasteiger partial charge in [0.25, 0.3) is 5.91 Å². The van der Waals surface area contributed by atoms with Crippen LogP contribution >= 0.6 is 0 Å². The van der Waals surface area contributed by atoms with E-state index in [0.717, 1.165) is 0 Å². The SMILES string of the molecule is COc1cc(F)c(C(C)NC(=O)c2ccccc2C(C)=O)cc1OC. The number of benzene rings is 2. The summed E-state index contributed by atoms with van der Waals surface area (Å²) in [6, 6.07) is 8.56. The van der Waals surface area contributed by atoms with Crippen LogP contribution in [-0.4, -0.2) is 25.9 Å². The molecule has 1 atom stereocenters. The van der Waals surface area contributed by atoms with Crippen molar-refractivity contribution in [3.63, 3.8) is 0 Å². The normalized spacial score (nSPS) is 11.6. The first-order chi connectivity index (χ1) is 11.9. The highest BCUT2D eigenvalue weighted by Gasteiger charge is 2.20. The van der Waals surface area contributed by atoms with Crippen molar-refractivity contribution in [3.8, 4) is 11.5 Å². The molecule has 0 bridgehead atoms. The van der Waals surface area contributed by atoms with Gasteiger partial charge >= 0.3 is 0 Å². The van der Waals surface area contributed by atoms with Crippen molar-refractivity contribution in [2.45, 2.75) is 19.9 Å². The third-order valence-corrected chi connectivity index (χ3v) is 3.87. The van der Waals surface area contributed by atoms with Crippen LogP contribution in [0.1, 0.15) is 46.2 Å². The monoisotopic (exact) mass is 345 g/mol. The Morgan fingerprint density at radius 3 is 2.16 bits per heavy atom. The van der Waals surface area contributed by atoms with Crippen molar-refractivity contribution in [2.24, 2.45) is 0 Å². The predicted octanol–water partition coefficient (Wildman–Crippen LogP) is 3.54. The molecule has 6 heteroatoms. The van der Waals surface area contributed by atoms with Crippen molar-refractivity contribution in [1.29, 1.82) is 0 Å². The molecule has 132 valence electrons. The Morgan fingerprint density at radius 1 is 1.04 bits per heavy atom. The van der Waals surface area contributed by atoms with Gasteiger partial charge in [-0.15, -0.1) is 0 Å². The van der Waals surface area contributed by atoms with Gasteiger partial charge in [-0.1, -0.05) is 18.2 Å². The van der Waals surface area contributed by atoms with Crippen LogP contribution in [0, 0.1) is 5.82 Å². The van der Waals surface area contributed by atoms with Crippen LogP contribution in [0.25, 0.3) is 0 Å². The minimum atomic E-state index is -0.632. The zero-order valence-corrected chi connectivity index (χ0v) is 14.6. The number of carbonyl (C=O) groups excluding carboxylic acids is 2. The zero-order chi connectivity index (χ0) is 18.6. The molecule has 1 N–H and O–H groups in total. The summed E-state index contributed by atoms with van der Waals surface area (Å²) in [4.78, 5) is 24.2. The zero-order valence-electron chi connectivity index (χ0n) is 14.6. The van der Waals surface area contributed by atoms with Gasteiger partial charge in [0.15, 0.2) is 17.3 Å². The minimum absolute atomic E-state index is 0.212. The summed E-state index contributed by atoms with van der Waals surface area (Å²) < 4.78 is 24.6. The average Bonchev–Trinajstić information content (AvgIpc) is 2.61. The van der Waals surface area contributed by atoms with E-state index in [1.807, 2.05) is 0 Å². The second kappa shape index (κ2) is 7.79. The second-order valence-electron chi connectivity index (χ2n) is 5.53. The van der Waals surface area contributed by atoms with Crippen molar-refractivity contribution < 1.29 is 23.5 Å². The van der Waals surface area contributed by atoms with E-state index in [0.29, 0.717) is 11.3 Å². The predicted molar refractivity (Wildman–Crippen MR) is 91.8 cm³/mol. The molecule has 0 saturated carbocycles. The van der Waals surface area contributed by atoms with Gasteiger partial charge in [0, 0.05) is 17.2 Å². The Morgan fingerprint density at radius 2 is 1.60 bits per heavy atom. The van der Waals surface area contributed by atoms with Crippen LogP contribution in [-0.2, 0) is 0 Å². The molecule has 5 nitrogen and oxygen atoms in total. The lowest BCUT2D eigenvalue weighted by atomic mass is 10.0. The van der Waals surface area contributed by atoms with Crippen LogP contribution in [0.4, 0.5) is 4.39 Å². The molecule has 0 spiro atoms. The second-order valence-corrected chi connectivity index (χ2v) is 5.53. The van der Waals surface area contributed by atoms with E-state index in [9.17, 15) is 14.0 Å². The smallest absolute Gasteiger partial charge is 0.252 e. The summed E-state index contributed by atoms with van der Waals surface area (Å²) in [7, 11) is 2.87. The van der Waals surface area contributed by atoms with Gasteiger partial charge in [-0.05, 0) is 26.0 Å². The summed E-state index contributed by atoms with van der Waals surface area (Å²) >= 11 is 0. The lowest BCUT2D eigenvalue weighted by Gasteiger charge is -2.18. The third kappa shape index (κ3) is 3.96. The van der Waals surface area contributed by atoms with Crippen molar-refractivity contribution in [3.05, 3.63) is 58.9 Å². The van der Waals surface area contributed by atoms with Gasteiger partial charge in [0.2, 0.25) is 0 Å². The van der Waals surface area contributed by atoms with E-state index >= 15 is 0 Å². The van der Waals surface area contributed by atoms with E-state index in [1.165, 1.54) is 33.3 Å². The van der Waals surface area contributed by atoms with Crippen molar-refractivity contribution in [2.75, 3.05) is 14.2 Å². The first-order valence-electron chi connectivity index (χ1n) is 7.71. The van der Waals surface area contributed by atoms with Crippen molar-refractivity contribution in [1.82, 2.24) is 5.32 Å². The minimum Gasteiger partial charge on any atom is -0.493 e. The molecule has 0 aliphatic rings. The molecule has 0 fully saturated rings. The average molecular weight is 345 g/mol. The summed E-state index contributed by atoms with van der Waals surface area (Å²) in [5, 5.41) is 2.71. The summed E-state index contributed by atoms with van der Waals surface area (Å²) in [6.07, 6.45) is 0. The maximum Gasteiger partial charge on any atom is 0.252 e. The van der Waals surface area contributed by atoms with Crippen LogP contribution in [0.3, 0.4) is 0 Å². The Bertz CT molecular complexity index is 804. The number of Topliss-reactive ketones (excluding diaryl/α,β-unsaturated/α-hetero) is 1. The third-order valence-electron chi connectivity index (χ3n) is 3.87. The molecule has 0 aliphatic heterocycles. The fourth-order valence-electron chi connectivity index (χ4n) is 2.54. The number of hydrogen-bond donors (Lipinski definition) is 1. The van der Waals surface area contributed by atoms with Crippen LogP contribution in [0.2, 0.25) is 0 Å². The summed E-state index contributed by atoms with van der Waals surface area (Å²) in [5.74, 6) is -0.554. The first kappa shape index (κ1) is 18.4. The number of methoxy groups -OCH3 is 2. The molecular weight excluding hydrogens is 325 g/mol. The molecule has 0 radical (unpaired) electrons. The van der Waals surface area contributed by atoms with Gasteiger partial charge in [0.1, 0.15) is 5.82 Å². The maximum absolute atomic E-state index is 14.3. The number of ketones is 1. The maximum atomic E-state index is 14.3. The number of hydrogen-bond acceptors (Lipinski definition) is 4. The molecule has 2 aromatic rings. The van der Waals surface area contributed by atoms with Crippen LogP contribution < -0.4 is 14.8 Å². The number of amides is 1. The Labute approximate surface area is 145 Å². The van der Waals surface area contributed by atoms with Crippen molar-refractivity contribution >= 4 is 11.7 Å². The summed E-state index contributed by atoms with van der Waals surface area (Å²) in [6.45, 7) is 3.04. The molecule has 1 amide bonds. The first-order valence-corrected chi connectivity index (χ1v) is 7.71. The highest BCUT2D eigenvalue weighted by molar-refractivity contribution is 6.07. The Kier molecular flexibility index (Phi) is 5.75. The van der Waals surface area contributed by atoms with Gasteiger partial charge in [0.05, 0.1) is 25.8 Å². The Balaban J connectivity index is 2.30. The standard InChI is InChI=1S/C19H20FNO4/c1-11(15-9-17(24-3)18(25-4)10-16(15)20)21-19(23)14-8-6-5-7-13(14)12(2)22/h5-11H,1-4H3,(H,21,23). The highest BCUT2D eigenvalue weighted by atomic mass is 19.1. The molecule has 1 unspecified atom stereocenters. The van der Waals surface area contributed by atoms with Gasteiger partial charge in [-0.2, -0.15) is 0 Å². The number of ether oxygens (including phenoxy) is 2. The molecule has 0 aromatic heterocycles. The molecular formula is C19H20FNO4. The Hall–Kier alpha value is -2.89. The largest absolute Gasteiger partial charge is 0.493 e. The van der Waals surface area contributed by atoms with E-state index in [1.54, 1.807) is 31.2 Å². The van der Waals surface area contributed by atoms with Crippen LogP contribution in [0.5, 0.6) is 11.5 Å². The number of halogens is 1. The highest BCUT2D eigenvalue weighted by Crippen LogP contribution is 2.32. The molecule has 25 heavy (non-hydrogen) atoms. The van der Waals surface area contributed by atoms with E-state index in [2.05, 4.69) is 5.32 Å². The molecule has 0 aliphatic carbocycles. The molecule has 0 heterocycles. The van der Waals surface area contributed by atoms with Gasteiger partial charge in [-0.3, -0.25) is 9.59 Å². The quantitative estimate of drug-likeness (QED) is 0.814. The lowest BCUT2D eigenvalue weighted by Crippen LogP contribution is -2.28. The van der Waals surface area contributed by atoms with Crippen LogP contribution in [0.15, 0.2) is 36.4 Å².